The number of anilines is 1. The van der Waals surface area contributed by atoms with E-state index in [4.69, 9.17) is 4.74 Å². The second-order valence-corrected chi connectivity index (χ2v) is 5.07. The lowest BCUT2D eigenvalue weighted by atomic mass is 10.2. The van der Waals surface area contributed by atoms with Crippen molar-refractivity contribution in [3.63, 3.8) is 0 Å². The van der Waals surface area contributed by atoms with Crippen LogP contribution in [-0.2, 0) is 6.54 Å². The number of ether oxygens (including phenoxy) is 1. The number of hydrogen-bond donors (Lipinski definition) is 1. The number of benzene rings is 2. The Morgan fingerprint density at radius 2 is 1.89 bits per heavy atom. The van der Waals surface area contributed by atoms with Gasteiger partial charge in [-0.2, -0.15) is 0 Å². The van der Waals surface area contributed by atoms with Crippen LogP contribution in [0.25, 0.3) is 0 Å². The molecule has 0 spiro atoms. The lowest BCUT2D eigenvalue weighted by Crippen LogP contribution is -2.00. The maximum atomic E-state index is 13.5. The quantitative estimate of drug-likeness (QED) is 0.834. The van der Waals surface area contributed by atoms with Gasteiger partial charge in [0.05, 0.1) is 7.11 Å². The van der Waals surface area contributed by atoms with Crippen molar-refractivity contribution in [3.05, 3.63) is 57.4 Å². The minimum absolute atomic E-state index is 0.271. The lowest BCUT2D eigenvalue weighted by Gasteiger charge is -2.08. The number of hydrogen-bond acceptors (Lipinski definition) is 2. The van der Waals surface area contributed by atoms with Crippen LogP contribution in [0.3, 0.4) is 0 Å². The SMILES string of the molecule is COc1ccc(CNc2ccc(I)cc2)cc1F. The molecule has 0 aliphatic rings. The van der Waals surface area contributed by atoms with Crippen molar-refractivity contribution in [2.24, 2.45) is 0 Å². The molecule has 0 atom stereocenters. The highest BCUT2D eigenvalue weighted by Gasteiger charge is 2.03. The topological polar surface area (TPSA) is 21.3 Å². The summed E-state index contributed by atoms with van der Waals surface area (Å²) in [5.74, 6) is -0.0626. The Balaban J connectivity index is 2.02. The van der Waals surface area contributed by atoms with E-state index < -0.39 is 0 Å². The molecule has 0 bridgehead atoms. The molecule has 0 aromatic heterocycles. The Kier molecular flexibility index (Phi) is 4.41. The molecule has 0 fully saturated rings. The maximum Gasteiger partial charge on any atom is 0.165 e. The fourth-order valence-corrected chi connectivity index (χ4v) is 1.95. The van der Waals surface area contributed by atoms with E-state index in [-0.39, 0.29) is 11.6 Å². The van der Waals surface area contributed by atoms with E-state index in [1.165, 1.54) is 16.7 Å². The Bertz CT molecular complexity index is 528. The molecule has 1 N–H and O–H groups in total. The summed E-state index contributed by atoms with van der Waals surface area (Å²) in [6.45, 7) is 0.585. The van der Waals surface area contributed by atoms with Gasteiger partial charge in [-0.25, -0.2) is 4.39 Å². The standard InChI is InChI=1S/C14H13FINO/c1-18-14-7-2-10(8-13(14)15)9-17-12-5-3-11(16)4-6-12/h2-8,17H,9H2,1H3. The van der Waals surface area contributed by atoms with Crippen LogP contribution in [0.1, 0.15) is 5.56 Å². The Morgan fingerprint density at radius 3 is 2.50 bits per heavy atom. The largest absolute Gasteiger partial charge is 0.494 e. The van der Waals surface area contributed by atoms with Gasteiger partial charge in [0.25, 0.3) is 0 Å². The zero-order valence-corrected chi connectivity index (χ0v) is 12.1. The molecule has 0 aliphatic carbocycles. The monoisotopic (exact) mass is 357 g/mol. The van der Waals surface area contributed by atoms with Crippen LogP contribution in [-0.4, -0.2) is 7.11 Å². The smallest absolute Gasteiger partial charge is 0.165 e. The third-order valence-electron chi connectivity index (χ3n) is 2.56. The van der Waals surface area contributed by atoms with E-state index in [1.807, 2.05) is 30.3 Å². The molecule has 0 heterocycles. The first-order valence-electron chi connectivity index (χ1n) is 5.51. The van der Waals surface area contributed by atoms with Gasteiger partial charge in [0.2, 0.25) is 0 Å². The van der Waals surface area contributed by atoms with Crippen molar-refractivity contribution in [1.29, 1.82) is 0 Å². The molecule has 94 valence electrons. The summed E-state index contributed by atoms with van der Waals surface area (Å²) < 4.78 is 19.5. The van der Waals surface area contributed by atoms with Crippen molar-refractivity contribution in [2.75, 3.05) is 12.4 Å². The first-order chi connectivity index (χ1) is 8.69. The van der Waals surface area contributed by atoms with Crippen LogP contribution in [0.5, 0.6) is 5.75 Å². The van der Waals surface area contributed by atoms with Crippen LogP contribution in [0, 0.1) is 9.39 Å². The average Bonchev–Trinajstić information content (AvgIpc) is 2.38. The minimum Gasteiger partial charge on any atom is -0.494 e. The Morgan fingerprint density at radius 1 is 1.17 bits per heavy atom. The maximum absolute atomic E-state index is 13.5. The normalized spacial score (nSPS) is 10.2. The molecule has 2 aromatic rings. The predicted octanol–water partition coefficient (Wildman–Crippen LogP) is 4.05. The van der Waals surface area contributed by atoms with E-state index >= 15 is 0 Å². The predicted molar refractivity (Wildman–Crippen MR) is 79.4 cm³/mol. The molecule has 0 radical (unpaired) electrons. The molecule has 0 unspecified atom stereocenters. The van der Waals surface area contributed by atoms with Gasteiger partial charge in [0.1, 0.15) is 0 Å². The minimum atomic E-state index is -0.334. The average molecular weight is 357 g/mol. The second kappa shape index (κ2) is 6.04. The highest BCUT2D eigenvalue weighted by atomic mass is 127. The summed E-state index contributed by atoms with van der Waals surface area (Å²) in [4.78, 5) is 0. The summed E-state index contributed by atoms with van der Waals surface area (Å²) in [5.41, 5.74) is 1.90. The summed E-state index contributed by atoms with van der Waals surface area (Å²) in [6.07, 6.45) is 0. The van der Waals surface area contributed by atoms with Crippen LogP contribution in [0.2, 0.25) is 0 Å². The number of methoxy groups -OCH3 is 1. The number of nitrogens with one attached hydrogen (secondary N) is 1. The highest BCUT2D eigenvalue weighted by Crippen LogP contribution is 2.18. The third-order valence-corrected chi connectivity index (χ3v) is 3.28. The van der Waals surface area contributed by atoms with E-state index in [1.54, 1.807) is 6.07 Å². The molecule has 2 rings (SSSR count). The molecule has 0 amide bonds. The molecule has 2 nitrogen and oxygen atoms in total. The van der Waals surface area contributed by atoms with E-state index in [0.717, 1.165) is 11.3 Å². The molecular formula is C14H13FINO. The summed E-state index contributed by atoms with van der Waals surface area (Å²) in [5, 5.41) is 3.24. The van der Waals surface area contributed by atoms with Gasteiger partial charge >= 0.3 is 0 Å². The van der Waals surface area contributed by atoms with Crippen LogP contribution in [0.4, 0.5) is 10.1 Å². The second-order valence-electron chi connectivity index (χ2n) is 3.83. The fraction of sp³-hybridized carbons (Fsp3) is 0.143. The number of rotatable bonds is 4. The molecule has 2 aromatic carbocycles. The fourth-order valence-electron chi connectivity index (χ4n) is 1.59. The van der Waals surface area contributed by atoms with Crippen molar-refractivity contribution in [3.8, 4) is 5.75 Å². The van der Waals surface area contributed by atoms with Gasteiger partial charge in [-0.05, 0) is 64.6 Å². The van der Waals surface area contributed by atoms with Gasteiger partial charge in [-0.15, -0.1) is 0 Å². The number of halogens is 2. The highest BCUT2D eigenvalue weighted by molar-refractivity contribution is 14.1. The molecule has 18 heavy (non-hydrogen) atoms. The Labute approximate surface area is 119 Å². The summed E-state index contributed by atoms with van der Waals surface area (Å²) in [7, 11) is 1.46. The van der Waals surface area contributed by atoms with E-state index in [0.29, 0.717) is 6.54 Å². The molecule has 0 saturated carbocycles. The van der Waals surface area contributed by atoms with Gasteiger partial charge in [0.15, 0.2) is 11.6 Å². The zero-order chi connectivity index (χ0) is 13.0. The van der Waals surface area contributed by atoms with Gasteiger partial charge < -0.3 is 10.1 Å². The summed E-state index contributed by atoms with van der Waals surface area (Å²) >= 11 is 2.26. The molecule has 0 aliphatic heterocycles. The van der Waals surface area contributed by atoms with E-state index in [2.05, 4.69) is 27.9 Å². The molecular weight excluding hydrogens is 344 g/mol. The van der Waals surface area contributed by atoms with Crippen LogP contribution < -0.4 is 10.1 Å². The molecule has 0 saturated heterocycles. The molecule has 4 heteroatoms. The van der Waals surface area contributed by atoms with Crippen LogP contribution in [0.15, 0.2) is 42.5 Å². The van der Waals surface area contributed by atoms with Crippen molar-refractivity contribution in [1.82, 2.24) is 0 Å². The summed E-state index contributed by atoms with van der Waals surface area (Å²) in [6, 6.07) is 13.0. The Hall–Kier alpha value is -1.30. The first kappa shape index (κ1) is 13.1. The van der Waals surface area contributed by atoms with Crippen LogP contribution >= 0.6 is 22.6 Å². The van der Waals surface area contributed by atoms with Gasteiger partial charge in [-0.1, -0.05) is 6.07 Å². The first-order valence-corrected chi connectivity index (χ1v) is 6.59. The van der Waals surface area contributed by atoms with Gasteiger partial charge in [-0.3, -0.25) is 0 Å². The van der Waals surface area contributed by atoms with Crippen molar-refractivity contribution >= 4 is 28.3 Å². The zero-order valence-electron chi connectivity index (χ0n) is 9.91. The van der Waals surface area contributed by atoms with Gasteiger partial charge in [0, 0.05) is 15.8 Å². The third kappa shape index (κ3) is 3.35. The lowest BCUT2D eigenvalue weighted by molar-refractivity contribution is 0.386. The van der Waals surface area contributed by atoms with Crippen molar-refractivity contribution in [2.45, 2.75) is 6.54 Å². The van der Waals surface area contributed by atoms with Crippen molar-refractivity contribution < 1.29 is 9.13 Å². The van der Waals surface area contributed by atoms with E-state index in [9.17, 15) is 4.39 Å².